The summed E-state index contributed by atoms with van der Waals surface area (Å²) in [5.74, 6) is 0.660. The van der Waals surface area contributed by atoms with Crippen LogP contribution >= 0.6 is 24.0 Å². The van der Waals surface area contributed by atoms with E-state index in [1.165, 1.54) is 42.6 Å². The van der Waals surface area contributed by atoms with E-state index in [0.29, 0.717) is 18.5 Å². The van der Waals surface area contributed by atoms with Crippen molar-refractivity contribution < 1.29 is 0 Å². The molecule has 3 rings (SSSR count). The molecular weight excluding hydrogens is 365 g/mol. The van der Waals surface area contributed by atoms with Crippen molar-refractivity contribution in [3.8, 4) is 0 Å². The molecule has 0 unspecified atom stereocenters. The third-order valence-corrected chi connectivity index (χ3v) is 4.30. The van der Waals surface area contributed by atoms with Gasteiger partial charge in [-0.25, -0.2) is 4.99 Å². The van der Waals surface area contributed by atoms with Crippen molar-refractivity contribution in [2.24, 2.45) is 17.8 Å². The third-order valence-electron chi connectivity index (χ3n) is 4.30. The maximum Gasteiger partial charge on any atom is 0.191 e. The molecule has 0 aromatic carbocycles. The van der Waals surface area contributed by atoms with Gasteiger partial charge in [-0.2, -0.15) is 5.10 Å². The molecule has 0 aliphatic heterocycles. The van der Waals surface area contributed by atoms with E-state index in [2.05, 4.69) is 15.0 Å². The number of hydrogen-bond donors (Lipinski definition) is 1. The fourth-order valence-electron chi connectivity index (χ4n) is 2.86. The Morgan fingerprint density at radius 2 is 2.10 bits per heavy atom. The van der Waals surface area contributed by atoms with Crippen LogP contribution in [0.2, 0.25) is 0 Å². The first-order chi connectivity index (χ1) is 9.16. The smallest absolute Gasteiger partial charge is 0.191 e. The molecule has 0 bridgehead atoms. The Hall–Kier alpha value is -0.790. The molecule has 0 amide bonds. The van der Waals surface area contributed by atoms with Gasteiger partial charge in [0.25, 0.3) is 0 Å². The average Bonchev–Trinajstić information content (AvgIpc) is 3.19. The van der Waals surface area contributed by atoms with Gasteiger partial charge in [-0.15, -0.1) is 24.0 Å². The molecule has 0 radical (unpaired) electrons. The van der Waals surface area contributed by atoms with Gasteiger partial charge in [0.1, 0.15) is 0 Å². The largest absolute Gasteiger partial charge is 0.370 e. The molecule has 2 aliphatic carbocycles. The predicted octanol–water partition coefficient (Wildman–Crippen LogP) is 1.83. The monoisotopic (exact) mass is 389 g/mol. The Balaban J connectivity index is 0.00000147. The van der Waals surface area contributed by atoms with Crippen molar-refractivity contribution in [1.29, 1.82) is 0 Å². The van der Waals surface area contributed by atoms with Gasteiger partial charge in [0, 0.05) is 20.1 Å². The summed E-state index contributed by atoms with van der Waals surface area (Å²) < 4.78 is 1.99. The maximum atomic E-state index is 6.05. The normalized spacial score (nSPS) is 18.4. The molecule has 0 saturated heterocycles. The van der Waals surface area contributed by atoms with Crippen LogP contribution in [-0.2, 0) is 26.4 Å². The standard InChI is InChI=1S/C14H23N5.HI/c1-18(10-7-8-10)14(15)16-9-13-11-5-3-4-6-12(11)17-19(13)2;/h10H,3-9H2,1-2H3,(H2,15,16);1H. The Labute approximate surface area is 137 Å². The van der Waals surface area contributed by atoms with E-state index in [0.717, 1.165) is 12.8 Å². The number of aliphatic imine (C=N–C) groups is 1. The van der Waals surface area contributed by atoms with Crippen molar-refractivity contribution in [2.75, 3.05) is 7.05 Å². The SMILES string of the molecule is CN(C(N)=NCc1c2c(nn1C)CCCC2)C1CC1.I. The highest BCUT2D eigenvalue weighted by molar-refractivity contribution is 14.0. The van der Waals surface area contributed by atoms with Gasteiger partial charge in [0.05, 0.1) is 17.9 Å². The van der Waals surface area contributed by atoms with E-state index < -0.39 is 0 Å². The number of nitrogens with zero attached hydrogens (tertiary/aromatic N) is 4. The maximum absolute atomic E-state index is 6.05. The molecule has 6 heteroatoms. The van der Waals surface area contributed by atoms with E-state index in [4.69, 9.17) is 5.73 Å². The quantitative estimate of drug-likeness (QED) is 0.488. The Morgan fingerprint density at radius 1 is 1.40 bits per heavy atom. The lowest BCUT2D eigenvalue weighted by molar-refractivity contribution is 0.486. The van der Waals surface area contributed by atoms with Crippen LogP contribution in [0.1, 0.15) is 42.6 Å². The van der Waals surface area contributed by atoms with E-state index in [1.807, 2.05) is 18.8 Å². The van der Waals surface area contributed by atoms with Crippen molar-refractivity contribution in [2.45, 2.75) is 51.1 Å². The summed E-state index contributed by atoms with van der Waals surface area (Å²) in [7, 11) is 4.05. The molecule has 1 aromatic rings. The summed E-state index contributed by atoms with van der Waals surface area (Å²) in [6.07, 6.45) is 7.28. The minimum absolute atomic E-state index is 0. The first kappa shape index (κ1) is 15.6. The summed E-state index contributed by atoms with van der Waals surface area (Å²) >= 11 is 0. The first-order valence-corrected chi connectivity index (χ1v) is 7.23. The second kappa shape index (κ2) is 6.32. The highest BCUT2D eigenvalue weighted by Crippen LogP contribution is 2.26. The molecule has 112 valence electrons. The second-order valence-corrected chi connectivity index (χ2v) is 5.72. The Morgan fingerprint density at radius 3 is 2.80 bits per heavy atom. The van der Waals surface area contributed by atoms with Gasteiger partial charge in [0.2, 0.25) is 0 Å². The molecule has 0 atom stereocenters. The highest BCUT2D eigenvalue weighted by Gasteiger charge is 2.27. The number of halogens is 1. The van der Waals surface area contributed by atoms with E-state index >= 15 is 0 Å². The number of aryl methyl sites for hydroxylation is 2. The zero-order valence-electron chi connectivity index (χ0n) is 12.3. The van der Waals surface area contributed by atoms with E-state index in [-0.39, 0.29) is 24.0 Å². The average molecular weight is 389 g/mol. The van der Waals surface area contributed by atoms with Crippen LogP contribution in [0.15, 0.2) is 4.99 Å². The summed E-state index contributed by atoms with van der Waals surface area (Å²) in [6.45, 7) is 0.654. The van der Waals surface area contributed by atoms with Gasteiger partial charge in [-0.05, 0) is 44.1 Å². The van der Waals surface area contributed by atoms with Gasteiger partial charge in [-0.1, -0.05) is 0 Å². The molecular formula is C14H24IN5. The molecule has 1 aromatic heterocycles. The molecule has 2 N–H and O–H groups in total. The zero-order chi connectivity index (χ0) is 13.4. The summed E-state index contributed by atoms with van der Waals surface area (Å²) in [4.78, 5) is 6.66. The van der Waals surface area contributed by atoms with Crippen LogP contribution in [0, 0.1) is 0 Å². The van der Waals surface area contributed by atoms with Crippen LogP contribution in [0.4, 0.5) is 0 Å². The minimum Gasteiger partial charge on any atom is -0.370 e. The van der Waals surface area contributed by atoms with Crippen LogP contribution in [0.3, 0.4) is 0 Å². The van der Waals surface area contributed by atoms with Gasteiger partial charge in [-0.3, -0.25) is 4.68 Å². The van der Waals surface area contributed by atoms with E-state index in [1.54, 1.807) is 0 Å². The number of nitrogens with two attached hydrogens (primary N) is 1. The number of guanidine groups is 1. The molecule has 20 heavy (non-hydrogen) atoms. The lowest BCUT2D eigenvalue weighted by Crippen LogP contribution is -2.35. The first-order valence-electron chi connectivity index (χ1n) is 7.23. The summed E-state index contributed by atoms with van der Waals surface area (Å²) in [5, 5.41) is 4.61. The van der Waals surface area contributed by atoms with Gasteiger partial charge < -0.3 is 10.6 Å². The molecule has 1 fully saturated rings. The zero-order valence-corrected chi connectivity index (χ0v) is 14.6. The van der Waals surface area contributed by atoms with E-state index in [9.17, 15) is 0 Å². The van der Waals surface area contributed by atoms with Crippen LogP contribution in [0.5, 0.6) is 0 Å². The minimum atomic E-state index is 0. The number of aromatic nitrogens is 2. The number of rotatable bonds is 3. The molecule has 5 nitrogen and oxygen atoms in total. The predicted molar refractivity (Wildman–Crippen MR) is 91.4 cm³/mol. The fraction of sp³-hybridized carbons (Fsp3) is 0.714. The van der Waals surface area contributed by atoms with Crippen molar-refractivity contribution >= 4 is 29.9 Å². The molecule has 1 heterocycles. The molecule has 0 spiro atoms. The summed E-state index contributed by atoms with van der Waals surface area (Å²) in [5.41, 5.74) is 9.97. The third kappa shape index (κ3) is 3.10. The lowest BCUT2D eigenvalue weighted by atomic mass is 9.96. The van der Waals surface area contributed by atoms with Crippen molar-refractivity contribution in [1.82, 2.24) is 14.7 Å². The van der Waals surface area contributed by atoms with Crippen molar-refractivity contribution in [3.05, 3.63) is 17.0 Å². The lowest BCUT2D eigenvalue weighted by Gasteiger charge is -2.17. The molecule has 1 saturated carbocycles. The second-order valence-electron chi connectivity index (χ2n) is 5.72. The van der Waals surface area contributed by atoms with Crippen LogP contribution < -0.4 is 5.73 Å². The van der Waals surface area contributed by atoms with Gasteiger partial charge in [0.15, 0.2) is 5.96 Å². The summed E-state index contributed by atoms with van der Waals surface area (Å²) in [6, 6.07) is 0.615. The van der Waals surface area contributed by atoms with Gasteiger partial charge >= 0.3 is 0 Å². The fourth-order valence-corrected chi connectivity index (χ4v) is 2.86. The van der Waals surface area contributed by atoms with Crippen LogP contribution in [-0.4, -0.2) is 33.7 Å². The number of hydrogen-bond acceptors (Lipinski definition) is 2. The van der Waals surface area contributed by atoms with Crippen molar-refractivity contribution in [3.63, 3.8) is 0 Å². The molecule has 2 aliphatic rings. The Kier molecular flexibility index (Phi) is 4.93. The van der Waals surface area contributed by atoms with Crippen LogP contribution in [0.25, 0.3) is 0 Å². The topological polar surface area (TPSA) is 59.4 Å². The highest BCUT2D eigenvalue weighted by atomic mass is 127. The Bertz CT molecular complexity index is 504. The number of fused-ring (bicyclic) bond motifs is 1.